The van der Waals surface area contributed by atoms with Crippen molar-refractivity contribution < 1.29 is 4.79 Å². The molecule has 0 spiro atoms. The molecular formula is C27H21Cl2N5O. The van der Waals surface area contributed by atoms with Crippen molar-refractivity contribution in [3.05, 3.63) is 118 Å². The van der Waals surface area contributed by atoms with E-state index in [4.69, 9.17) is 34.7 Å². The van der Waals surface area contributed by atoms with E-state index in [1.165, 1.54) is 0 Å². The SMILES string of the molecule is Cn1cncc1C(N)(c1ccc(Cl)cc1)c1ccc2nc(C(N)=O)ccc2c1-c1cccc(Cl)c1. The van der Waals surface area contributed by atoms with Crippen LogP contribution < -0.4 is 11.5 Å². The van der Waals surface area contributed by atoms with Gasteiger partial charge in [-0.25, -0.2) is 9.97 Å². The van der Waals surface area contributed by atoms with E-state index >= 15 is 0 Å². The summed E-state index contributed by atoms with van der Waals surface area (Å²) in [5, 5.41) is 2.00. The minimum absolute atomic E-state index is 0.186. The van der Waals surface area contributed by atoms with Crippen LogP contribution in [0.2, 0.25) is 10.0 Å². The summed E-state index contributed by atoms with van der Waals surface area (Å²) < 4.78 is 1.90. The fourth-order valence-corrected chi connectivity index (χ4v) is 4.83. The van der Waals surface area contributed by atoms with Crippen LogP contribution in [0.3, 0.4) is 0 Å². The first-order valence-electron chi connectivity index (χ1n) is 10.8. The molecule has 0 aliphatic heterocycles. The lowest BCUT2D eigenvalue weighted by atomic mass is 9.76. The van der Waals surface area contributed by atoms with E-state index in [-0.39, 0.29) is 5.69 Å². The first-order valence-corrected chi connectivity index (χ1v) is 11.6. The maximum atomic E-state index is 11.8. The Kier molecular flexibility index (Phi) is 5.81. The fourth-order valence-electron chi connectivity index (χ4n) is 4.52. The van der Waals surface area contributed by atoms with Gasteiger partial charge in [-0.3, -0.25) is 4.79 Å². The zero-order valence-corrected chi connectivity index (χ0v) is 20.3. The van der Waals surface area contributed by atoms with Gasteiger partial charge >= 0.3 is 0 Å². The highest BCUT2D eigenvalue weighted by Crippen LogP contribution is 2.43. The predicted octanol–water partition coefficient (Wildman–Crippen LogP) is 5.29. The van der Waals surface area contributed by atoms with Crippen LogP contribution in [0.5, 0.6) is 0 Å². The van der Waals surface area contributed by atoms with E-state index < -0.39 is 11.4 Å². The Morgan fingerprint density at radius 3 is 2.40 bits per heavy atom. The Balaban J connectivity index is 1.91. The van der Waals surface area contributed by atoms with Gasteiger partial charge in [0.25, 0.3) is 5.91 Å². The zero-order chi connectivity index (χ0) is 24.7. The van der Waals surface area contributed by atoms with Crippen molar-refractivity contribution in [1.82, 2.24) is 14.5 Å². The van der Waals surface area contributed by atoms with E-state index in [0.29, 0.717) is 15.6 Å². The van der Waals surface area contributed by atoms with Crippen LogP contribution in [0.4, 0.5) is 0 Å². The number of benzene rings is 3. The van der Waals surface area contributed by atoms with Crippen LogP contribution in [-0.2, 0) is 12.6 Å². The van der Waals surface area contributed by atoms with Crippen LogP contribution in [0.25, 0.3) is 22.0 Å². The number of rotatable bonds is 5. The van der Waals surface area contributed by atoms with Crippen molar-refractivity contribution in [2.24, 2.45) is 18.5 Å². The van der Waals surface area contributed by atoms with Gasteiger partial charge in [0.1, 0.15) is 11.2 Å². The Labute approximate surface area is 212 Å². The number of pyridine rings is 1. The molecule has 4 N–H and O–H groups in total. The predicted molar refractivity (Wildman–Crippen MR) is 139 cm³/mol. The van der Waals surface area contributed by atoms with Gasteiger partial charge in [0.15, 0.2) is 0 Å². The Bertz CT molecular complexity index is 1580. The number of hydrogen-bond acceptors (Lipinski definition) is 4. The van der Waals surface area contributed by atoms with Gasteiger partial charge in [-0.1, -0.05) is 53.5 Å². The summed E-state index contributed by atoms with van der Waals surface area (Å²) in [5.74, 6) is -0.593. The lowest BCUT2D eigenvalue weighted by molar-refractivity contribution is 0.0996. The number of aromatic nitrogens is 3. The summed E-state index contributed by atoms with van der Waals surface area (Å²) in [5.41, 5.74) is 16.7. The average molecular weight is 502 g/mol. The number of carbonyl (C=O) groups is 1. The topological polar surface area (TPSA) is 99.8 Å². The van der Waals surface area contributed by atoms with Gasteiger partial charge in [0.05, 0.1) is 23.7 Å². The number of halogens is 2. The monoisotopic (exact) mass is 501 g/mol. The Hall–Kier alpha value is -3.71. The summed E-state index contributed by atoms with van der Waals surface area (Å²) >= 11 is 12.6. The molecule has 0 saturated heterocycles. The van der Waals surface area contributed by atoms with Gasteiger partial charge in [-0.15, -0.1) is 0 Å². The molecule has 174 valence electrons. The third-order valence-corrected chi connectivity index (χ3v) is 6.67. The quantitative estimate of drug-likeness (QED) is 0.341. The number of nitrogens with two attached hydrogens (primary N) is 2. The lowest BCUT2D eigenvalue weighted by Gasteiger charge is -2.33. The van der Waals surface area contributed by atoms with Crippen LogP contribution >= 0.6 is 23.2 Å². The summed E-state index contributed by atoms with van der Waals surface area (Å²) in [6.45, 7) is 0. The molecule has 1 amide bonds. The van der Waals surface area contributed by atoms with Crippen molar-refractivity contribution in [1.29, 1.82) is 0 Å². The second kappa shape index (κ2) is 8.82. The number of primary amides is 1. The van der Waals surface area contributed by atoms with E-state index in [9.17, 15) is 4.79 Å². The van der Waals surface area contributed by atoms with E-state index in [2.05, 4.69) is 9.97 Å². The Morgan fingerprint density at radius 2 is 1.74 bits per heavy atom. The number of amides is 1. The number of fused-ring (bicyclic) bond motifs is 1. The number of carbonyl (C=O) groups excluding carboxylic acids is 1. The van der Waals surface area contributed by atoms with Crippen LogP contribution in [0, 0.1) is 0 Å². The second-order valence-corrected chi connectivity index (χ2v) is 9.20. The molecular weight excluding hydrogens is 481 g/mol. The summed E-state index contributed by atoms with van der Waals surface area (Å²) in [6.07, 6.45) is 3.47. The van der Waals surface area contributed by atoms with Crippen molar-refractivity contribution in [2.75, 3.05) is 0 Å². The van der Waals surface area contributed by atoms with Crippen LogP contribution in [0.15, 0.2) is 85.3 Å². The molecule has 0 saturated carbocycles. The highest BCUT2D eigenvalue weighted by molar-refractivity contribution is 6.31. The number of nitrogens with zero attached hydrogens (tertiary/aromatic N) is 3. The third-order valence-electron chi connectivity index (χ3n) is 6.18. The van der Waals surface area contributed by atoms with E-state index in [1.807, 2.05) is 78.3 Å². The standard InChI is InChI=1S/C27H21Cl2N5O/c1-34-15-32-14-24(34)27(31,17-5-7-18(28)8-6-17)21-10-12-22-20(9-11-23(33-22)26(30)35)25(21)16-3-2-4-19(29)13-16/h2-15H,31H2,1H3,(H2,30,35). The van der Waals surface area contributed by atoms with Gasteiger partial charge in [-0.2, -0.15) is 0 Å². The summed E-state index contributed by atoms with van der Waals surface area (Å²) in [6, 6.07) is 22.2. The van der Waals surface area contributed by atoms with Gasteiger partial charge in [0.2, 0.25) is 0 Å². The molecule has 0 bridgehead atoms. The van der Waals surface area contributed by atoms with Crippen molar-refractivity contribution in [3.63, 3.8) is 0 Å². The summed E-state index contributed by atoms with van der Waals surface area (Å²) in [4.78, 5) is 20.6. The van der Waals surface area contributed by atoms with Gasteiger partial charge in [-0.05, 0) is 64.7 Å². The minimum atomic E-state index is -1.11. The molecule has 0 aliphatic carbocycles. The first-order chi connectivity index (χ1) is 16.8. The lowest BCUT2D eigenvalue weighted by Crippen LogP contribution is -2.41. The molecule has 0 radical (unpaired) electrons. The number of aryl methyl sites for hydroxylation is 1. The third kappa shape index (κ3) is 3.96. The summed E-state index contributed by atoms with van der Waals surface area (Å²) in [7, 11) is 1.90. The molecule has 8 heteroatoms. The normalized spacial score (nSPS) is 13.0. The molecule has 0 aliphatic rings. The highest BCUT2D eigenvalue weighted by atomic mass is 35.5. The average Bonchev–Trinajstić information content (AvgIpc) is 3.29. The molecule has 1 atom stereocenters. The van der Waals surface area contributed by atoms with Crippen molar-refractivity contribution in [2.45, 2.75) is 5.54 Å². The molecule has 5 rings (SSSR count). The van der Waals surface area contributed by atoms with Gasteiger partial charge in [0, 0.05) is 22.5 Å². The zero-order valence-electron chi connectivity index (χ0n) is 18.7. The fraction of sp³-hybridized carbons (Fsp3) is 0.0741. The largest absolute Gasteiger partial charge is 0.364 e. The maximum absolute atomic E-state index is 11.8. The second-order valence-electron chi connectivity index (χ2n) is 8.33. The smallest absolute Gasteiger partial charge is 0.267 e. The molecule has 35 heavy (non-hydrogen) atoms. The molecule has 5 aromatic rings. The van der Waals surface area contributed by atoms with Crippen molar-refractivity contribution in [3.8, 4) is 11.1 Å². The molecule has 2 heterocycles. The van der Waals surface area contributed by atoms with Crippen LogP contribution in [0.1, 0.15) is 27.3 Å². The maximum Gasteiger partial charge on any atom is 0.267 e. The number of hydrogen-bond donors (Lipinski definition) is 2. The first kappa shape index (κ1) is 23.1. The molecule has 6 nitrogen and oxygen atoms in total. The highest BCUT2D eigenvalue weighted by Gasteiger charge is 2.37. The Morgan fingerprint density at radius 1 is 0.971 bits per heavy atom. The van der Waals surface area contributed by atoms with Crippen molar-refractivity contribution >= 4 is 40.0 Å². The molecule has 0 fully saturated rings. The molecule has 1 unspecified atom stereocenters. The number of imidazole rings is 1. The molecule has 2 aromatic heterocycles. The van der Waals surface area contributed by atoms with E-state index in [1.54, 1.807) is 18.6 Å². The molecule has 3 aromatic carbocycles. The van der Waals surface area contributed by atoms with E-state index in [0.717, 1.165) is 33.3 Å². The van der Waals surface area contributed by atoms with Gasteiger partial charge < -0.3 is 16.0 Å². The minimum Gasteiger partial charge on any atom is -0.364 e. The van der Waals surface area contributed by atoms with Crippen LogP contribution in [-0.4, -0.2) is 20.4 Å².